The van der Waals surface area contributed by atoms with Crippen molar-refractivity contribution in [2.45, 2.75) is 36.8 Å². The molecule has 3 N–H and O–H groups in total. The summed E-state index contributed by atoms with van der Waals surface area (Å²) in [7, 11) is 0. The molecule has 0 bridgehead atoms. The van der Waals surface area contributed by atoms with Gasteiger partial charge in [0.1, 0.15) is 11.6 Å². The Morgan fingerprint density at radius 3 is 2.48 bits per heavy atom. The highest BCUT2D eigenvalue weighted by Crippen LogP contribution is 2.43. The molecule has 0 aromatic heterocycles. The second kappa shape index (κ2) is 17.3. The van der Waals surface area contributed by atoms with Crippen molar-refractivity contribution in [1.82, 2.24) is 10.9 Å². The van der Waals surface area contributed by atoms with Gasteiger partial charge in [0.25, 0.3) is 5.91 Å². The van der Waals surface area contributed by atoms with Crippen molar-refractivity contribution in [2.75, 3.05) is 25.5 Å². The van der Waals surface area contributed by atoms with Gasteiger partial charge in [-0.05, 0) is 64.2 Å². The van der Waals surface area contributed by atoms with Crippen molar-refractivity contribution in [1.29, 1.82) is 0 Å². The standard InChI is InChI=1S/C36H37FN6O4S/c37-31-15-11-26(12-16-31)25-48-22-19-39-42-35(45)36(23-29-9-4-5-10-30(29)24-40-43-38)33(27-7-2-1-3-8-27)47-34(41-36)28-13-17-32(18-14-28)46-21-6-20-44/h1-5,7-18,33,39,44H,6,19-25H2,(H,42,45)/t33-,36-/m0/s1. The van der Waals surface area contributed by atoms with E-state index in [-0.39, 0.29) is 31.3 Å². The fraction of sp³-hybridized carbons (Fsp3) is 0.278. The number of aliphatic hydroxyl groups is 1. The molecule has 0 unspecified atom stereocenters. The Labute approximate surface area is 283 Å². The molecule has 0 spiro atoms. The Morgan fingerprint density at radius 1 is 1.02 bits per heavy atom. The third-order valence-electron chi connectivity index (χ3n) is 7.77. The summed E-state index contributed by atoms with van der Waals surface area (Å²) in [6.45, 7) is 1.04. The molecule has 0 saturated carbocycles. The molecule has 10 nitrogen and oxygen atoms in total. The summed E-state index contributed by atoms with van der Waals surface area (Å²) in [4.78, 5) is 22.4. The van der Waals surface area contributed by atoms with E-state index >= 15 is 0 Å². The molecule has 0 radical (unpaired) electrons. The van der Waals surface area contributed by atoms with Gasteiger partial charge in [-0.25, -0.2) is 14.8 Å². The minimum Gasteiger partial charge on any atom is -0.494 e. The number of nitrogens with one attached hydrogen (secondary N) is 2. The van der Waals surface area contributed by atoms with Crippen LogP contribution in [0.3, 0.4) is 0 Å². The largest absolute Gasteiger partial charge is 0.494 e. The van der Waals surface area contributed by atoms with Crippen molar-refractivity contribution in [2.24, 2.45) is 10.1 Å². The lowest BCUT2D eigenvalue weighted by Gasteiger charge is -2.31. The zero-order valence-electron chi connectivity index (χ0n) is 26.3. The van der Waals surface area contributed by atoms with E-state index in [4.69, 9.17) is 25.1 Å². The number of rotatable bonds is 17. The number of carbonyl (C=O) groups excluding carboxylic acids is 1. The second-order valence-electron chi connectivity index (χ2n) is 11.1. The van der Waals surface area contributed by atoms with E-state index in [1.165, 1.54) is 12.1 Å². The first kappa shape index (κ1) is 34.5. The lowest BCUT2D eigenvalue weighted by atomic mass is 9.81. The van der Waals surface area contributed by atoms with Gasteiger partial charge >= 0.3 is 0 Å². The Balaban J connectivity index is 1.42. The molecule has 2 atom stereocenters. The highest BCUT2D eigenvalue weighted by Gasteiger charge is 2.53. The Bertz CT molecular complexity index is 1720. The number of hydrogen-bond donors (Lipinski definition) is 3. The van der Waals surface area contributed by atoms with E-state index in [9.17, 15) is 9.18 Å². The second-order valence-corrected chi connectivity index (χ2v) is 12.2. The topological polar surface area (TPSA) is 141 Å². The number of hydrazine groups is 1. The minimum atomic E-state index is -1.44. The van der Waals surface area contributed by atoms with Gasteiger partial charge in [0, 0.05) is 48.0 Å². The summed E-state index contributed by atoms with van der Waals surface area (Å²) in [5.74, 6) is 1.71. The third kappa shape index (κ3) is 8.93. The number of halogens is 1. The van der Waals surface area contributed by atoms with Crippen molar-refractivity contribution >= 4 is 23.6 Å². The number of amides is 1. The molecule has 0 aliphatic carbocycles. The molecular formula is C36H37FN6O4S. The van der Waals surface area contributed by atoms with E-state index in [1.54, 1.807) is 36.0 Å². The van der Waals surface area contributed by atoms with Crippen LogP contribution in [0.15, 0.2) is 113 Å². The monoisotopic (exact) mass is 668 g/mol. The number of ether oxygens (including phenoxy) is 2. The molecule has 5 rings (SSSR count). The number of nitrogens with zero attached hydrogens (tertiary/aromatic N) is 4. The first-order valence-electron chi connectivity index (χ1n) is 15.6. The van der Waals surface area contributed by atoms with Crippen LogP contribution in [0, 0.1) is 5.82 Å². The quantitative estimate of drug-likeness (QED) is 0.0388. The molecule has 1 heterocycles. The predicted octanol–water partition coefficient (Wildman–Crippen LogP) is 6.45. The van der Waals surface area contributed by atoms with Crippen LogP contribution in [-0.2, 0) is 28.2 Å². The van der Waals surface area contributed by atoms with E-state index < -0.39 is 11.6 Å². The maximum Gasteiger partial charge on any atom is 0.266 e. The summed E-state index contributed by atoms with van der Waals surface area (Å²) in [6.07, 6.45) is -0.0882. The first-order chi connectivity index (χ1) is 23.5. The average Bonchev–Trinajstić information content (AvgIpc) is 3.51. The van der Waals surface area contributed by atoms with Gasteiger partial charge in [-0.15, -0.1) is 0 Å². The molecule has 0 fully saturated rings. The maximum atomic E-state index is 14.4. The molecule has 12 heteroatoms. The summed E-state index contributed by atoms with van der Waals surface area (Å²) < 4.78 is 25.5. The van der Waals surface area contributed by atoms with E-state index in [1.807, 2.05) is 66.7 Å². The van der Waals surface area contributed by atoms with Gasteiger partial charge < -0.3 is 14.6 Å². The van der Waals surface area contributed by atoms with Crippen LogP contribution in [0.2, 0.25) is 0 Å². The molecule has 1 aliphatic rings. The molecule has 1 aliphatic heterocycles. The molecule has 0 saturated heterocycles. The van der Waals surface area contributed by atoms with Crippen LogP contribution in [0.5, 0.6) is 5.75 Å². The molecule has 1 amide bonds. The zero-order valence-corrected chi connectivity index (χ0v) is 27.1. The van der Waals surface area contributed by atoms with Gasteiger partial charge in [0.05, 0.1) is 13.2 Å². The van der Waals surface area contributed by atoms with E-state index in [0.717, 1.165) is 22.3 Å². The molecule has 4 aromatic carbocycles. The van der Waals surface area contributed by atoms with Gasteiger partial charge in [-0.1, -0.05) is 71.8 Å². The van der Waals surface area contributed by atoms with Gasteiger partial charge in [-0.3, -0.25) is 10.2 Å². The van der Waals surface area contributed by atoms with Crippen molar-refractivity contribution in [3.05, 3.63) is 147 Å². The summed E-state index contributed by atoms with van der Waals surface area (Å²) in [6, 6.07) is 30.7. The summed E-state index contributed by atoms with van der Waals surface area (Å²) >= 11 is 1.66. The Hall–Kier alpha value is -4.87. The van der Waals surface area contributed by atoms with Gasteiger partial charge in [0.15, 0.2) is 11.6 Å². The van der Waals surface area contributed by atoms with Gasteiger partial charge in [-0.2, -0.15) is 11.8 Å². The van der Waals surface area contributed by atoms with Crippen LogP contribution in [-0.4, -0.2) is 48.0 Å². The number of aliphatic imine (C=N–C) groups is 1. The lowest BCUT2D eigenvalue weighted by molar-refractivity contribution is -0.130. The van der Waals surface area contributed by atoms with Crippen molar-refractivity contribution in [3.8, 4) is 5.75 Å². The van der Waals surface area contributed by atoms with Crippen molar-refractivity contribution < 1.29 is 23.8 Å². The van der Waals surface area contributed by atoms with Crippen molar-refractivity contribution in [3.63, 3.8) is 0 Å². The Morgan fingerprint density at radius 2 is 1.75 bits per heavy atom. The van der Waals surface area contributed by atoms with Gasteiger partial charge in [0.2, 0.25) is 5.90 Å². The highest BCUT2D eigenvalue weighted by molar-refractivity contribution is 7.98. The SMILES string of the molecule is [N-]=[N+]=NCc1ccccc1C[C@]1(C(=O)NNCCSCc2ccc(F)cc2)N=C(c2ccc(OCCCO)cc2)O[C@H]1c1ccccc1. The highest BCUT2D eigenvalue weighted by atomic mass is 32.2. The van der Waals surface area contributed by atoms with E-state index in [2.05, 4.69) is 20.9 Å². The Kier molecular flexibility index (Phi) is 12.4. The van der Waals surface area contributed by atoms with E-state index in [0.29, 0.717) is 48.3 Å². The molecular weight excluding hydrogens is 631 g/mol. The normalized spacial score (nSPS) is 16.8. The molecule has 4 aromatic rings. The lowest BCUT2D eigenvalue weighted by Crippen LogP contribution is -2.54. The fourth-order valence-corrected chi connectivity index (χ4v) is 6.16. The number of carbonyl (C=O) groups is 1. The molecule has 248 valence electrons. The smallest absolute Gasteiger partial charge is 0.266 e. The predicted molar refractivity (Wildman–Crippen MR) is 185 cm³/mol. The zero-order chi connectivity index (χ0) is 33.6. The minimum absolute atomic E-state index is 0.0451. The van der Waals surface area contributed by atoms with Crippen LogP contribution < -0.4 is 15.6 Å². The third-order valence-corrected chi connectivity index (χ3v) is 8.80. The maximum absolute atomic E-state index is 14.4. The van der Waals surface area contributed by atoms with Crippen LogP contribution in [0.1, 0.15) is 40.3 Å². The number of azide groups is 1. The van der Waals surface area contributed by atoms with Crippen LogP contribution in [0.4, 0.5) is 4.39 Å². The number of benzene rings is 4. The fourth-order valence-electron chi connectivity index (χ4n) is 5.34. The molecule has 48 heavy (non-hydrogen) atoms. The number of hydrogen-bond acceptors (Lipinski definition) is 8. The summed E-state index contributed by atoms with van der Waals surface area (Å²) in [5, 5.41) is 12.8. The summed E-state index contributed by atoms with van der Waals surface area (Å²) in [5.41, 5.74) is 17.6. The number of aliphatic hydroxyl groups excluding tert-OH is 1. The van der Waals surface area contributed by atoms with Crippen LogP contribution in [0.25, 0.3) is 10.4 Å². The van der Waals surface area contributed by atoms with Crippen LogP contribution >= 0.6 is 11.8 Å². The average molecular weight is 669 g/mol. The first-order valence-corrected chi connectivity index (χ1v) is 16.8. The number of thioether (sulfide) groups is 1.